The molecule has 2 saturated heterocycles. The fourth-order valence-corrected chi connectivity index (χ4v) is 5.45. The summed E-state index contributed by atoms with van der Waals surface area (Å²) in [5.74, 6) is 0.754. The molecule has 1 aromatic carbocycles. The minimum Gasteiger partial charge on any atom is -0.354 e. The maximum absolute atomic E-state index is 13.3. The van der Waals surface area contributed by atoms with Gasteiger partial charge in [-0.2, -0.15) is 0 Å². The van der Waals surface area contributed by atoms with Crippen molar-refractivity contribution in [2.75, 3.05) is 61.5 Å². The first-order valence-corrected chi connectivity index (χ1v) is 13.3. The molecule has 0 spiro atoms. The van der Waals surface area contributed by atoms with Gasteiger partial charge in [0.1, 0.15) is 5.82 Å². The number of piperazine rings is 1. The largest absolute Gasteiger partial charge is 0.354 e. The number of carbonyl (C=O) groups excluding carboxylic acids is 1. The van der Waals surface area contributed by atoms with Crippen LogP contribution in [-0.2, 0) is 4.79 Å². The predicted octanol–water partition coefficient (Wildman–Crippen LogP) is 2.72. The molecule has 9 nitrogen and oxygen atoms in total. The van der Waals surface area contributed by atoms with Crippen LogP contribution in [0.2, 0.25) is 0 Å². The van der Waals surface area contributed by atoms with Gasteiger partial charge in [-0.05, 0) is 61.3 Å². The molecule has 0 aliphatic carbocycles. The summed E-state index contributed by atoms with van der Waals surface area (Å²) in [6, 6.07) is 10.4. The number of aliphatic imine (C=N–C) groups is 1. The molecule has 1 amide bonds. The first kappa shape index (κ1) is 23.7. The molecule has 0 bridgehead atoms. The number of amides is 1. The third-order valence-electron chi connectivity index (χ3n) is 7.51. The lowest BCUT2D eigenvalue weighted by atomic mass is 9.94. The Labute approximate surface area is 217 Å². The van der Waals surface area contributed by atoms with E-state index in [4.69, 9.17) is 0 Å². The number of hydrogen-bond acceptors (Lipinski definition) is 8. The van der Waals surface area contributed by atoms with Crippen LogP contribution < -0.4 is 26.4 Å². The highest BCUT2D eigenvalue weighted by Crippen LogP contribution is 2.31. The van der Waals surface area contributed by atoms with Crippen LogP contribution in [0.3, 0.4) is 0 Å². The number of nitrogens with one attached hydrogen (secondary N) is 4. The smallest absolute Gasteiger partial charge is 0.257 e. The zero-order chi connectivity index (χ0) is 25.0. The molecule has 0 saturated carbocycles. The lowest BCUT2D eigenvalue weighted by Gasteiger charge is -2.33. The Balaban J connectivity index is 1.19. The lowest BCUT2D eigenvalue weighted by Crippen LogP contribution is -2.43. The summed E-state index contributed by atoms with van der Waals surface area (Å²) in [6.45, 7) is 6.88. The minimum atomic E-state index is -0.179. The van der Waals surface area contributed by atoms with Crippen LogP contribution in [-0.4, -0.2) is 73.9 Å². The average Bonchev–Trinajstić information content (AvgIpc) is 2.98. The van der Waals surface area contributed by atoms with E-state index in [9.17, 15) is 4.79 Å². The van der Waals surface area contributed by atoms with E-state index >= 15 is 0 Å². The van der Waals surface area contributed by atoms with Gasteiger partial charge in [0, 0.05) is 50.2 Å². The van der Waals surface area contributed by atoms with Gasteiger partial charge < -0.3 is 26.4 Å². The highest BCUT2D eigenvalue weighted by molar-refractivity contribution is 6.27. The molecular weight excluding hydrogens is 464 g/mol. The topological polar surface area (TPSA) is 96.9 Å². The number of anilines is 3. The van der Waals surface area contributed by atoms with Crippen molar-refractivity contribution in [1.29, 1.82) is 0 Å². The summed E-state index contributed by atoms with van der Waals surface area (Å²) in [5, 5.41) is 6.37. The fourth-order valence-electron chi connectivity index (χ4n) is 5.45. The average molecular weight is 499 g/mol. The Morgan fingerprint density at radius 3 is 2.70 bits per heavy atom. The number of carbonyl (C=O) groups is 1. The lowest BCUT2D eigenvalue weighted by molar-refractivity contribution is -0.111. The second kappa shape index (κ2) is 10.7. The molecule has 2 fully saturated rings. The molecule has 9 heteroatoms. The number of hydrogen-bond donors (Lipinski definition) is 4. The third-order valence-corrected chi connectivity index (χ3v) is 7.51. The maximum Gasteiger partial charge on any atom is 0.257 e. The number of nitrogens with zero attached hydrogens (tertiary/aromatic N) is 4. The number of rotatable bonds is 5. The number of hydrazine groups is 1. The molecule has 0 radical (unpaired) electrons. The van der Waals surface area contributed by atoms with E-state index in [1.165, 1.54) is 19.3 Å². The Bertz CT molecular complexity index is 1220. The van der Waals surface area contributed by atoms with Crippen LogP contribution in [0.5, 0.6) is 0 Å². The summed E-state index contributed by atoms with van der Waals surface area (Å²) >= 11 is 0. The molecule has 1 atom stereocenters. The van der Waals surface area contributed by atoms with Gasteiger partial charge in [0.15, 0.2) is 0 Å². The van der Waals surface area contributed by atoms with Crippen LogP contribution in [0.4, 0.5) is 17.2 Å². The van der Waals surface area contributed by atoms with Crippen LogP contribution in [0, 0.1) is 0 Å². The van der Waals surface area contributed by atoms with Crippen molar-refractivity contribution in [3.8, 4) is 0 Å². The van der Waals surface area contributed by atoms with Gasteiger partial charge in [-0.1, -0.05) is 18.6 Å². The maximum atomic E-state index is 13.3. The monoisotopic (exact) mass is 498 g/mol. The minimum absolute atomic E-state index is 0.179. The van der Waals surface area contributed by atoms with Gasteiger partial charge in [-0.15, -0.1) is 0 Å². The molecule has 192 valence electrons. The van der Waals surface area contributed by atoms with E-state index in [2.05, 4.69) is 59.5 Å². The van der Waals surface area contributed by atoms with E-state index in [0.717, 1.165) is 74.0 Å². The van der Waals surface area contributed by atoms with Crippen molar-refractivity contribution < 1.29 is 4.79 Å². The Kier molecular flexibility index (Phi) is 6.88. The highest BCUT2D eigenvalue weighted by atomic mass is 16.1. The van der Waals surface area contributed by atoms with Gasteiger partial charge in [0.05, 0.1) is 29.7 Å². The van der Waals surface area contributed by atoms with Crippen LogP contribution in [0.25, 0.3) is 11.1 Å². The number of piperidine rings is 1. The van der Waals surface area contributed by atoms with Crippen molar-refractivity contribution >= 4 is 40.5 Å². The van der Waals surface area contributed by atoms with Crippen molar-refractivity contribution in [2.45, 2.75) is 25.3 Å². The van der Waals surface area contributed by atoms with Crippen molar-refractivity contribution in [2.24, 2.45) is 4.99 Å². The van der Waals surface area contributed by atoms with Crippen LogP contribution in [0.1, 0.15) is 30.4 Å². The molecule has 2 aromatic rings. The van der Waals surface area contributed by atoms with E-state index in [0.29, 0.717) is 17.3 Å². The second-order valence-corrected chi connectivity index (χ2v) is 9.96. The van der Waals surface area contributed by atoms with Gasteiger partial charge in [-0.25, -0.2) is 4.98 Å². The number of likely N-dealkylation sites (tertiary alicyclic amines) is 1. The third kappa shape index (κ3) is 5.23. The number of benzene rings is 1. The SMILES string of the molecule is O=C(Nc1ccc(N2CCNCC2)nc1)C1=CNNc2ccc(C3=CC(N4CCCCC4)CN=C3)cc21. The molecule has 5 heterocycles. The first-order valence-electron chi connectivity index (χ1n) is 13.3. The summed E-state index contributed by atoms with van der Waals surface area (Å²) in [5.41, 5.74) is 11.3. The number of aromatic nitrogens is 1. The van der Waals surface area contributed by atoms with Gasteiger partial charge in [0.2, 0.25) is 0 Å². The molecule has 6 rings (SSSR count). The molecular formula is C28H34N8O. The quantitative estimate of drug-likeness (QED) is 0.503. The number of dihydropyridines is 1. The Hall–Kier alpha value is -3.69. The first-order chi connectivity index (χ1) is 18.2. The predicted molar refractivity (Wildman–Crippen MR) is 150 cm³/mol. The highest BCUT2D eigenvalue weighted by Gasteiger charge is 2.23. The number of fused-ring (bicyclic) bond motifs is 1. The normalized spacial score (nSPS) is 21.7. The number of pyridine rings is 1. The van der Waals surface area contributed by atoms with Gasteiger partial charge >= 0.3 is 0 Å². The summed E-state index contributed by atoms with van der Waals surface area (Å²) < 4.78 is 0. The summed E-state index contributed by atoms with van der Waals surface area (Å²) in [6.07, 6.45) is 11.6. The Morgan fingerprint density at radius 1 is 1.03 bits per heavy atom. The van der Waals surface area contributed by atoms with Crippen molar-refractivity contribution in [3.63, 3.8) is 0 Å². The van der Waals surface area contributed by atoms with Crippen LogP contribution >= 0.6 is 0 Å². The van der Waals surface area contributed by atoms with E-state index in [-0.39, 0.29) is 5.91 Å². The second-order valence-electron chi connectivity index (χ2n) is 9.96. The fraction of sp³-hybridized carbons (Fsp3) is 0.393. The zero-order valence-electron chi connectivity index (χ0n) is 21.0. The van der Waals surface area contributed by atoms with E-state index in [1.54, 1.807) is 12.4 Å². The van der Waals surface area contributed by atoms with Crippen molar-refractivity contribution in [3.05, 3.63) is 59.9 Å². The van der Waals surface area contributed by atoms with Gasteiger partial charge in [-0.3, -0.25) is 14.7 Å². The Morgan fingerprint density at radius 2 is 1.89 bits per heavy atom. The van der Waals surface area contributed by atoms with E-state index in [1.807, 2.05) is 24.4 Å². The molecule has 4 N–H and O–H groups in total. The summed E-state index contributed by atoms with van der Waals surface area (Å²) in [4.78, 5) is 27.4. The molecule has 37 heavy (non-hydrogen) atoms. The van der Waals surface area contributed by atoms with E-state index < -0.39 is 0 Å². The molecule has 4 aliphatic rings. The van der Waals surface area contributed by atoms with Gasteiger partial charge in [0.25, 0.3) is 5.91 Å². The number of allylic oxidation sites excluding steroid dienone is 1. The van der Waals surface area contributed by atoms with Crippen LogP contribution in [0.15, 0.2) is 53.8 Å². The molecule has 4 aliphatic heterocycles. The molecule has 1 unspecified atom stereocenters. The summed E-state index contributed by atoms with van der Waals surface area (Å²) in [7, 11) is 0. The van der Waals surface area contributed by atoms with Crippen molar-refractivity contribution in [1.82, 2.24) is 20.6 Å². The zero-order valence-corrected chi connectivity index (χ0v) is 21.0. The molecule has 1 aromatic heterocycles. The standard InChI is InChI=1S/C28H34N8O/c37-28(33-22-5-7-27(31-17-22)36-12-8-29-9-13-36)25-19-32-34-26-6-4-20(15-24(25)26)21-14-23(18-30-16-21)35-10-2-1-3-11-35/h4-7,14-17,19,23,29,32,34H,1-3,8-13,18H2,(H,33,37).